The number of nitrogens with zero attached hydrogens (tertiary/aromatic N) is 3. The van der Waals surface area contributed by atoms with E-state index in [0.717, 1.165) is 59.2 Å². The summed E-state index contributed by atoms with van der Waals surface area (Å²) in [5, 5.41) is 5.00. The highest BCUT2D eigenvalue weighted by atomic mass is 35.5. The molecule has 0 bridgehead atoms. The highest BCUT2D eigenvalue weighted by molar-refractivity contribution is 8.15. The first-order valence-corrected chi connectivity index (χ1v) is 12.6. The number of halogens is 1. The molecule has 5 nitrogen and oxygen atoms in total. The zero-order chi connectivity index (χ0) is 21.0. The first-order valence-electron chi connectivity index (χ1n) is 11.2. The Hall–Kier alpha value is -1.53. The Morgan fingerprint density at radius 3 is 2.53 bits per heavy atom. The molecule has 1 spiro atoms. The van der Waals surface area contributed by atoms with Gasteiger partial charge in [-0.2, -0.15) is 0 Å². The molecule has 4 rings (SSSR count). The van der Waals surface area contributed by atoms with Crippen LogP contribution in [0.25, 0.3) is 0 Å². The number of carbonyl (C=O) groups is 1. The fourth-order valence-corrected chi connectivity index (χ4v) is 5.48. The minimum Gasteiger partial charge on any atom is -0.335 e. The second kappa shape index (κ2) is 9.73. The van der Waals surface area contributed by atoms with Crippen LogP contribution in [0, 0.1) is 0 Å². The lowest BCUT2D eigenvalue weighted by Gasteiger charge is -2.36. The third kappa shape index (κ3) is 5.02. The minimum atomic E-state index is -0.424. The van der Waals surface area contributed by atoms with Crippen LogP contribution in [-0.4, -0.2) is 52.2 Å². The first kappa shape index (κ1) is 21.7. The van der Waals surface area contributed by atoms with Crippen LogP contribution in [0.4, 0.5) is 4.79 Å². The van der Waals surface area contributed by atoms with Crippen molar-refractivity contribution in [3.8, 4) is 0 Å². The first-order chi connectivity index (χ1) is 14.6. The summed E-state index contributed by atoms with van der Waals surface area (Å²) >= 11 is 7.86. The van der Waals surface area contributed by atoms with Gasteiger partial charge in [0.05, 0.1) is 5.71 Å². The summed E-state index contributed by atoms with van der Waals surface area (Å²) in [6.07, 6.45) is 8.62. The van der Waals surface area contributed by atoms with Gasteiger partial charge in [-0.1, -0.05) is 49.9 Å². The standard InChI is InChI=1S/C23H31ClN4OS/c1-2-16-30-21-20(17-8-10-18(24)11-9-17)26-23(27-21)12-14-28(15-13-23)22(29)25-19-6-4-3-5-7-19/h8-11,19H,2-7,12-16H2,1H3,(H,25,29). The summed E-state index contributed by atoms with van der Waals surface area (Å²) in [4.78, 5) is 24.9. The Balaban J connectivity index is 1.44. The number of thioether (sulfide) groups is 1. The lowest BCUT2D eigenvalue weighted by molar-refractivity contribution is 0.158. The van der Waals surface area contributed by atoms with E-state index in [9.17, 15) is 4.79 Å². The topological polar surface area (TPSA) is 57.1 Å². The molecule has 2 amide bonds. The second-order valence-electron chi connectivity index (χ2n) is 8.49. The normalized spacial score (nSPS) is 21.5. The highest BCUT2D eigenvalue weighted by Crippen LogP contribution is 2.36. The van der Waals surface area contributed by atoms with E-state index < -0.39 is 5.66 Å². The molecule has 2 fully saturated rings. The summed E-state index contributed by atoms with van der Waals surface area (Å²) in [5.41, 5.74) is 1.62. The second-order valence-corrected chi connectivity index (χ2v) is 10.0. The monoisotopic (exact) mass is 446 g/mol. The fourth-order valence-electron chi connectivity index (χ4n) is 4.42. The van der Waals surface area contributed by atoms with Crippen LogP contribution >= 0.6 is 23.4 Å². The smallest absolute Gasteiger partial charge is 0.317 e. The molecular weight excluding hydrogens is 416 g/mol. The van der Waals surface area contributed by atoms with E-state index in [2.05, 4.69) is 12.2 Å². The highest BCUT2D eigenvalue weighted by Gasteiger charge is 2.40. The number of aliphatic imine (C=N–C) groups is 2. The van der Waals surface area contributed by atoms with Gasteiger partial charge in [0, 0.05) is 42.6 Å². The van der Waals surface area contributed by atoms with E-state index in [1.807, 2.05) is 29.2 Å². The third-order valence-electron chi connectivity index (χ3n) is 6.18. The number of hydrogen-bond donors (Lipinski definition) is 1. The van der Waals surface area contributed by atoms with Crippen LogP contribution in [0.3, 0.4) is 0 Å². The molecule has 1 N–H and O–H groups in total. The number of rotatable bonds is 4. The van der Waals surface area contributed by atoms with Gasteiger partial charge < -0.3 is 10.2 Å². The van der Waals surface area contributed by atoms with E-state index in [-0.39, 0.29) is 6.03 Å². The average Bonchev–Trinajstić information content (AvgIpc) is 3.12. The summed E-state index contributed by atoms with van der Waals surface area (Å²) < 4.78 is 0. The molecular formula is C23H31ClN4OS. The lowest BCUT2D eigenvalue weighted by Crippen LogP contribution is -2.51. The van der Waals surface area contributed by atoms with Crippen molar-refractivity contribution < 1.29 is 4.79 Å². The molecule has 0 unspecified atom stereocenters. The Bertz CT molecular complexity index is 809. The van der Waals surface area contributed by atoms with Crippen LogP contribution in [0.5, 0.6) is 0 Å². The molecule has 0 atom stereocenters. The summed E-state index contributed by atoms with van der Waals surface area (Å²) in [6.45, 7) is 3.58. The van der Waals surface area contributed by atoms with Crippen molar-refractivity contribution in [3.05, 3.63) is 34.9 Å². The summed E-state index contributed by atoms with van der Waals surface area (Å²) in [6, 6.07) is 8.29. The zero-order valence-electron chi connectivity index (χ0n) is 17.7. The quantitative estimate of drug-likeness (QED) is 0.662. The predicted molar refractivity (Wildman–Crippen MR) is 127 cm³/mol. The SMILES string of the molecule is CCCSC1=NC2(CCN(C(=O)NC3CCCCC3)CC2)N=C1c1ccc(Cl)cc1. The number of likely N-dealkylation sites (tertiary alicyclic amines) is 1. The van der Waals surface area contributed by atoms with Gasteiger partial charge in [0.25, 0.3) is 0 Å². The molecule has 3 aliphatic rings. The third-order valence-corrected chi connectivity index (χ3v) is 7.60. The molecule has 1 saturated heterocycles. The van der Waals surface area contributed by atoms with Gasteiger partial charge >= 0.3 is 6.03 Å². The van der Waals surface area contributed by atoms with Crippen LogP contribution in [0.1, 0.15) is 63.9 Å². The summed E-state index contributed by atoms with van der Waals surface area (Å²) in [7, 11) is 0. The fraction of sp³-hybridized carbons (Fsp3) is 0.609. The molecule has 1 aromatic carbocycles. The Morgan fingerprint density at radius 2 is 1.87 bits per heavy atom. The van der Waals surface area contributed by atoms with Crippen molar-refractivity contribution in [2.24, 2.45) is 9.98 Å². The van der Waals surface area contributed by atoms with Crippen LogP contribution in [-0.2, 0) is 0 Å². The van der Waals surface area contributed by atoms with E-state index in [4.69, 9.17) is 21.6 Å². The van der Waals surface area contributed by atoms with Gasteiger partial charge in [-0.25, -0.2) is 9.79 Å². The number of piperidine rings is 1. The average molecular weight is 447 g/mol. The van der Waals surface area contributed by atoms with Crippen molar-refractivity contribution in [2.75, 3.05) is 18.8 Å². The van der Waals surface area contributed by atoms with E-state index in [1.54, 1.807) is 11.8 Å². The maximum absolute atomic E-state index is 12.7. The largest absolute Gasteiger partial charge is 0.335 e. The molecule has 0 aromatic heterocycles. The molecule has 1 aliphatic carbocycles. The number of amides is 2. The molecule has 1 saturated carbocycles. The van der Waals surface area contributed by atoms with Gasteiger partial charge in [-0.3, -0.25) is 4.99 Å². The Morgan fingerprint density at radius 1 is 1.17 bits per heavy atom. The van der Waals surface area contributed by atoms with Crippen molar-refractivity contribution in [1.29, 1.82) is 0 Å². The Labute approximate surface area is 188 Å². The molecule has 7 heteroatoms. The van der Waals surface area contributed by atoms with Gasteiger partial charge in [0.1, 0.15) is 5.04 Å². The Kier molecular flexibility index (Phi) is 7.04. The predicted octanol–water partition coefficient (Wildman–Crippen LogP) is 5.52. The van der Waals surface area contributed by atoms with Gasteiger partial charge in [-0.15, -0.1) is 11.8 Å². The van der Waals surface area contributed by atoms with Gasteiger partial charge in [0.2, 0.25) is 0 Å². The van der Waals surface area contributed by atoms with Crippen molar-refractivity contribution >= 4 is 40.1 Å². The molecule has 30 heavy (non-hydrogen) atoms. The van der Waals surface area contributed by atoms with E-state index in [1.165, 1.54) is 19.3 Å². The van der Waals surface area contributed by atoms with Crippen LogP contribution in [0.2, 0.25) is 5.02 Å². The van der Waals surface area contributed by atoms with Crippen molar-refractivity contribution in [3.63, 3.8) is 0 Å². The zero-order valence-corrected chi connectivity index (χ0v) is 19.3. The van der Waals surface area contributed by atoms with Crippen LogP contribution < -0.4 is 5.32 Å². The van der Waals surface area contributed by atoms with Crippen molar-refractivity contribution in [1.82, 2.24) is 10.2 Å². The maximum Gasteiger partial charge on any atom is 0.317 e. The molecule has 2 heterocycles. The van der Waals surface area contributed by atoms with E-state index in [0.29, 0.717) is 19.1 Å². The van der Waals surface area contributed by atoms with Crippen LogP contribution in [0.15, 0.2) is 34.3 Å². The number of benzene rings is 1. The van der Waals surface area contributed by atoms with Gasteiger partial charge in [0.15, 0.2) is 5.66 Å². The molecule has 1 aromatic rings. The number of carbonyl (C=O) groups excluding carboxylic acids is 1. The molecule has 162 valence electrons. The minimum absolute atomic E-state index is 0.0845. The maximum atomic E-state index is 12.7. The number of hydrogen-bond acceptors (Lipinski definition) is 4. The lowest BCUT2D eigenvalue weighted by atomic mass is 9.95. The van der Waals surface area contributed by atoms with Gasteiger partial charge in [-0.05, 0) is 37.1 Å². The van der Waals surface area contributed by atoms with E-state index >= 15 is 0 Å². The number of urea groups is 1. The number of nitrogens with one attached hydrogen (secondary N) is 1. The molecule has 0 radical (unpaired) electrons. The molecule has 2 aliphatic heterocycles. The summed E-state index contributed by atoms with van der Waals surface area (Å²) in [5.74, 6) is 1.03. The van der Waals surface area contributed by atoms with Crippen molar-refractivity contribution in [2.45, 2.75) is 70.0 Å².